The number of ketones is 1. The van der Waals surface area contributed by atoms with Crippen LogP contribution in [0.15, 0.2) is 48.5 Å². The molecule has 2 aromatic rings. The zero-order valence-electron chi connectivity index (χ0n) is 19.0. The van der Waals surface area contributed by atoms with Gasteiger partial charge in [-0.1, -0.05) is 36.1 Å². The largest absolute Gasteiger partial charge is 0.491 e. The Morgan fingerprint density at radius 2 is 1.97 bits per heavy atom. The number of benzene rings is 2. The Morgan fingerprint density at radius 1 is 1.23 bits per heavy atom. The first kappa shape index (κ1) is 23.1. The Morgan fingerprint density at radius 3 is 2.65 bits per heavy atom. The Balaban J connectivity index is 1.61. The zero-order valence-corrected chi connectivity index (χ0v) is 19.0. The molecule has 0 radical (unpaired) electrons. The molecule has 31 heavy (non-hydrogen) atoms. The number of carbonyl (C=O) groups excluding carboxylic acids is 1. The SMILES string of the molecule is CC(C)Oc1cccc(C(=O)[C@H]2CCCN(Cc3ccc(C#CC(C)(C)O)cc3)C2)c1. The minimum absolute atomic E-state index is 0.0139. The second kappa shape index (κ2) is 10.1. The molecule has 0 bridgehead atoms. The number of aliphatic hydroxyl groups is 1. The van der Waals surface area contributed by atoms with Gasteiger partial charge in [0.25, 0.3) is 0 Å². The van der Waals surface area contributed by atoms with Crippen molar-refractivity contribution >= 4 is 5.78 Å². The molecule has 1 saturated heterocycles. The quantitative estimate of drug-likeness (QED) is 0.545. The molecule has 4 heteroatoms. The van der Waals surface area contributed by atoms with Crippen LogP contribution in [0.25, 0.3) is 0 Å². The van der Waals surface area contributed by atoms with E-state index in [9.17, 15) is 9.90 Å². The molecule has 1 aliphatic heterocycles. The third-order valence-electron chi connectivity index (χ3n) is 5.24. The Kier molecular flexibility index (Phi) is 7.54. The van der Waals surface area contributed by atoms with Crippen molar-refractivity contribution in [2.75, 3.05) is 13.1 Å². The maximum Gasteiger partial charge on any atom is 0.167 e. The fraction of sp³-hybridized carbons (Fsp3) is 0.444. The molecule has 0 aliphatic carbocycles. The van der Waals surface area contributed by atoms with Crippen LogP contribution < -0.4 is 4.74 Å². The van der Waals surface area contributed by atoms with Crippen molar-refractivity contribution in [2.24, 2.45) is 5.92 Å². The first-order valence-corrected chi connectivity index (χ1v) is 11.1. The van der Waals surface area contributed by atoms with Gasteiger partial charge in [-0.3, -0.25) is 9.69 Å². The molecule has 0 saturated carbocycles. The number of nitrogens with zero attached hydrogens (tertiary/aromatic N) is 1. The van der Waals surface area contributed by atoms with Crippen molar-refractivity contribution in [1.29, 1.82) is 0 Å². The van der Waals surface area contributed by atoms with Crippen LogP contribution in [0.1, 0.15) is 62.0 Å². The van der Waals surface area contributed by atoms with Gasteiger partial charge in [-0.15, -0.1) is 0 Å². The van der Waals surface area contributed by atoms with E-state index in [1.165, 1.54) is 5.56 Å². The van der Waals surface area contributed by atoms with Crippen LogP contribution in [0.4, 0.5) is 0 Å². The topological polar surface area (TPSA) is 49.8 Å². The van der Waals surface area contributed by atoms with Crippen LogP contribution >= 0.6 is 0 Å². The van der Waals surface area contributed by atoms with Gasteiger partial charge in [-0.05, 0) is 76.9 Å². The Hall–Kier alpha value is -2.61. The van der Waals surface area contributed by atoms with E-state index in [2.05, 4.69) is 28.9 Å². The van der Waals surface area contributed by atoms with Crippen molar-refractivity contribution in [1.82, 2.24) is 4.90 Å². The summed E-state index contributed by atoms with van der Waals surface area (Å²) in [6, 6.07) is 15.7. The highest BCUT2D eigenvalue weighted by Gasteiger charge is 2.26. The van der Waals surface area contributed by atoms with Crippen LogP contribution in [0.3, 0.4) is 0 Å². The van der Waals surface area contributed by atoms with E-state index in [0.29, 0.717) is 0 Å². The molecule has 2 aromatic carbocycles. The van der Waals surface area contributed by atoms with E-state index in [-0.39, 0.29) is 17.8 Å². The lowest BCUT2D eigenvalue weighted by Crippen LogP contribution is -2.38. The predicted molar refractivity (Wildman–Crippen MR) is 124 cm³/mol. The minimum Gasteiger partial charge on any atom is -0.491 e. The third kappa shape index (κ3) is 7.24. The highest BCUT2D eigenvalue weighted by atomic mass is 16.5. The van der Waals surface area contributed by atoms with Gasteiger partial charge in [0.05, 0.1) is 6.10 Å². The van der Waals surface area contributed by atoms with Crippen LogP contribution in [0.2, 0.25) is 0 Å². The lowest BCUT2D eigenvalue weighted by molar-refractivity contribution is 0.0811. The maximum atomic E-state index is 13.1. The molecule has 4 nitrogen and oxygen atoms in total. The van der Waals surface area contributed by atoms with Crippen molar-refractivity contribution in [3.8, 4) is 17.6 Å². The number of hydrogen-bond donors (Lipinski definition) is 1. The number of piperidine rings is 1. The van der Waals surface area contributed by atoms with E-state index < -0.39 is 5.60 Å². The summed E-state index contributed by atoms with van der Waals surface area (Å²) in [5.41, 5.74) is 1.84. The lowest BCUT2D eigenvalue weighted by Gasteiger charge is -2.32. The summed E-state index contributed by atoms with van der Waals surface area (Å²) in [6.07, 6.45) is 2.03. The highest BCUT2D eigenvalue weighted by molar-refractivity contribution is 5.98. The van der Waals surface area contributed by atoms with E-state index in [0.717, 1.165) is 49.4 Å². The number of ether oxygens (including phenoxy) is 1. The molecule has 1 atom stereocenters. The number of rotatable bonds is 6. The average molecular weight is 420 g/mol. The Bertz CT molecular complexity index is 945. The monoisotopic (exact) mass is 419 g/mol. The second-order valence-electron chi connectivity index (χ2n) is 9.14. The van der Waals surface area contributed by atoms with E-state index in [1.54, 1.807) is 13.8 Å². The summed E-state index contributed by atoms with van der Waals surface area (Å²) in [4.78, 5) is 15.5. The van der Waals surface area contributed by atoms with Crippen molar-refractivity contribution < 1.29 is 14.6 Å². The van der Waals surface area contributed by atoms with Crippen LogP contribution in [0.5, 0.6) is 5.75 Å². The van der Waals surface area contributed by atoms with Gasteiger partial charge in [-0.2, -0.15) is 0 Å². The molecule has 0 spiro atoms. The van der Waals surface area contributed by atoms with Gasteiger partial charge in [0.1, 0.15) is 11.4 Å². The maximum absolute atomic E-state index is 13.1. The van der Waals surface area contributed by atoms with Gasteiger partial charge in [0, 0.05) is 30.1 Å². The van der Waals surface area contributed by atoms with Crippen molar-refractivity contribution in [3.63, 3.8) is 0 Å². The fourth-order valence-corrected chi connectivity index (χ4v) is 3.82. The summed E-state index contributed by atoms with van der Waals surface area (Å²) >= 11 is 0. The van der Waals surface area contributed by atoms with Gasteiger partial charge < -0.3 is 9.84 Å². The Labute approximate surface area is 186 Å². The first-order valence-electron chi connectivity index (χ1n) is 11.1. The smallest absolute Gasteiger partial charge is 0.167 e. The minimum atomic E-state index is -0.992. The number of Topliss-reactive ketones (excluding diaryl/α,β-unsaturated/α-hetero) is 1. The molecule has 0 unspecified atom stereocenters. The zero-order chi connectivity index (χ0) is 22.4. The second-order valence-corrected chi connectivity index (χ2v) is 9.14. The first-order chi connectivity index (χ1) is 14.7. The molecule has 3 rings (SSSR count). The predicted octanol–water partition coefficient (Wildman–Crippen LogP) is 4.69. The molecule has 0 amide bonds. The molecule has 1 N–H and O–H groups in total. The fourth-order valence-electron chi connectivity index (χ4n) is 3.82. The molecule has 164 valence electrons. The summed E-state index contributed by atoms with van der Waals surface area (Å²) in [5, 5.41) is 9.74. The summed E-state index contributed by atoms with van der Waals surface area (Å²) < 4.78 is 5.75. The van der Waals surface area contributed by atoms with E-state index in [4.69, 9.17) is 4.74 Å². The molecule has 1 aliphatic rings. The van der Waals surface area contributed by atoms with E-state index in [1.807, 2.05) is 50.2 Å². The van der Waals surface area contributed by atoms with Gasteiger partial charge in [-0.25, -0.2) is 0 Å². The molecular formula is C27H33NO3. The molecule has 0 aromatic heterocycles. The lowest BCUT2D eigenvalue weighted by atomic mass is 9.89. The highest BCUT2D eigenvalue weighted by Crippen LogP contribution is 2.24. The number of hydrogen-bond acceptors (Lipinski definition) is 4. The van der Waals surface area contributed by atoms with Gasteiger partial charge in [0.15, 0.2) is 5.78 Å². The van der Waals surface area contributed by atoms with Crippen LogP contribution in [0, 0.1) is 17.8 Å². The molecular weight excluding hydrogens is 386 g/mol. The van der Waals surface area contributed by atoms with Crippen molar-refractivity contribution in [3.05, 3.63) is 65.2 Å². The third-order valence-corrected chi connectivity index (χ3v) is 5.24. The summed E-state index contributed by atoms with van der Waals surface area (Å²) in [5.74, 6) is 6.81. The molecule has 1 heterocycles. The van der Waals surface area contributed by atoms with Gasteiger partial charge in [0.2, 0.25) is 0 Å². The van der Waals surface area contributed by atoms with E-state index >= 15 is 0 Å². The summed E-state index contributed by atoms with van der Waals surface area (Å²) in [6.45, 7) is 9.92. The van der Waals surface area contributed by atoms with Crippen LogP contribution in [-0.4, -0.2) is 40.6 Å². The van der Waals surface area contributed by atoms with Crippen LogP contribution in [-0.2, 0) is 6.54 Å². The number of carbonyl (C=O) groups is 1. The van der Waals surface area contributed by atoms with Crippen molar-refractivity contribution in [2.45, 2.75) is 58.8 Å². The average Bonchev–Trinajstić information content (AvgIpc) is 2.72. The molecule has 1 fully saturated rings. The standard InChI is InChI=1S/C27H33NO3/c1-20(2)31-25-9-5-7-23(17-25)26(29)24-8-6-16-28(19-24)18-22-12-10-21(11-13-22)14-15-27(3,4)30/h5,7,9-13,17,20,24,30H,6,8,16,18-19H2,1-4H3/t24-/m0/s1. The van der Waals surface area contributed by atoms with Gasteiger partial charge >= 0.3 is 0 Å². The normalized spacial score (nSPS) is 17.2. The summed E-state index contributed by atoms with van der Waals surface area (Å²) in [7, 11) is 0. The number of likely N-dealkylation sites (tertiary alicyclic amines) is 1.